The molecule has 2 atom stereocenters. The van der Waals surface area contributed by atoms with Crippen molar-refractivity contribution in [3.63, 3.8) is 0 Å². The van der Waals surface area contributed by atoms with Crippen molar-refractivity contribution in [1.29, 1.82) is 0 Å². The average molecular weight is 173 g/mol. The van der Waals surface area contributed by atoms with Crippen molar-refractivity contribution in [2.24, 2.45) is 17.6 Å². The first-order chi connectivity index (χ1) is 5.49. The summed E-state index contributed by atoms with van der Waals surface area (Å²) in [6.45, 7) is 5.78. The van der Waals surface area contributed by atoms with Crippen LogP contribution in [0.5, 0.6) is 0 Å². The van der Waals surface area contributed by atoms with E-state index >= 15 is 0 Å². The fraction of sp³-hybridized carbons (Fsp3) is 0.889. The standard InChI is InChI=1S/C9H19NO2/c1-4-7(11)5-8(6(2)3)9(10)12/h6-8,11H,4-5H2,1-3H3,(H2,10,12). The van der Waals surface area contributed by atoms with Gasteiger partial charge in [0.1, 0.15) is 0 Å². The maximum absolute atomic E-state index is 10.9. The molecule has 0 saturated heterocycles. The molecule has 2 unspecified atom stereocenters. The Bertz CT molecular complexity index is 145. The molecule has 0 radical (unpaired) electrons. The molecule has 0 aromatic heterocycles. The van der Waals surface area contributed by atoms with Crippen LogP contribution >= 0.6 is 0 Å². The van der Waals surface area contributed by atoms with Crippen LogP contribution in [0.1, 0.15) is 33.6 Å². The summed E-state index contributed by atoms with van der Waals surface area (Å²) in [5.41, 5.74) is 5.19. The minimum Gasteiger partial charge on any atom is -0.393 e. The Morgan fingerprint density at radius 1 is 1.50 bits per heavy atom. The van der Waals surface area contributed by atoms with E-state index in [0.29, 0.717) is 12.8 Å². The number of primary amides is 1. The van der Waals surface area contributed by atoms with Gasteiger partial charge in [-0.1, -0.05) is 20.8 Å². The van der Waals surface area contributed by atoms with E-state index in [2.05, 4.69) is 0 Å². The Morgan fingerprint density at radius 3 is 2.25 bits per heavy atom. The Balaban J connectivity index is 4.05. The highest BCUT2D eigenvalue weighted by Crippen LogP contribution is 2.17. The fourth-order valence-corrected chi connectivity index (χ4v) is 1.18. The first-order valence-electron chi connectivity index (χ1n) is 4.46. The van der Waals surface area contributed by atoms with Crippen LogP contribution in [0.25, 0.3) is 0 Å². The lowest BCUT2D eigenvalue weighted by Crippen LogP contribution is -2.30. The van der Waals surface area contributed by atoms with Gasteiger partial charge in [0.2, 0.25) is 5.91 Å². The van der Waals surface area contributed by atoms with Crippen LogP contribution < -0.4 is 5.73 Å². The number of carbonyl (C=O) groups is 1. The quantitative estimate of drug-likeness (QED) is 0.649. The number of carbonyl (C=O) groups excluding carboxylic acids is 1. The SMILES string of the molecule is CCC(O)CC(C(N)=O)C(C)C. The monoisotopic (exact) mass is 173 g/mol. The van der Waals surface area contributed by atoms with Gasteiger partial charge in [-0.2, -0.15) is 0 Å². The zero-order valence-electron chi connectivity index (χ0n) is 8.08. The number of hydrogen-bond acceptors (Lipinski definition) is 2. The second-order valence-corrected chi connectivity index (χ2v) is 3.55. The van der Waals surface area contributed by atoms with Crippen LogP contribution in [0.4, 0.5) is 0 Å². The molecule has 0 aromatic rings. The molecule has 3 heteroatoms. The number of amides is 1. The Hall–Kier alpha value is -0.570. The smallest absolute Gasteiger partial charge is 0.220 e. The Morgan fingerprint density at radius 2 is 2.00 bits per heavy atom. The summed E-state index contributed by atoms with van der Waals surface area (Å²) in [7, 11) is 0. The summed E-state index contributed by atoms with van der Waals surface area (Å²) in [6.07, 6.45) is 0.768. The van der Waals surface area contributed by atoms with Gasteiger partial charge in [-0.3, -0.25) is 4.79 Å². The third-order valence-corrected chi connectivity index (χ3v) is 2.17. The predicted molar refractivity (Wildman–Crippen MR) is 48.4 cm³/mol. The van der Waals surface area contributed by atoms with Gasteiger partial charge in [0.05, 0.1) is 6.10 Å². The van der Waals surface area contributed by atoms with E-state index in [1.807, 2.05) is 20.8 Å². The molecule has 0 heterocycles. The van der Waals surface area contributed by atoms with Gasteiger partial charge in [-0.15, -0.1) is 0 Å². The highest BCUT2D eigenvalue weighted by molar-refractivity contribution is 5.76. The van der Waals surface area contributed by atoms with Gasteiger partial charge in [0.15, 0.2) is 0 Å². The summed E-state index contributed by atoms with van der Waals surface area (Å²) < 4.78 is 0. The summed E-state index contributed by atoms with van der Waals surface area (Å²) in [6, 6.07) is 0. The summed E-state index contributed by atoms with van der Waals surface area (Å²) in [5, 5.41) is 9.32. The zero-order valence-corrected chi connectivity index (χ0v) is 8.08. The van der Waals surface area contributed by atoms with E-state index in [0.717, 1.165) is 0 Å². The molecule has 0 aliphatic carbocycles. The molecule has 72 valence electrons. The van der Waals surface area contributed by atoms with Crippen molar-refractivity contribution in [3.05, 3.63) is 0 Å². The van der Waals surface area contributed by atoms with E-state index in [9.17, 15) is 9.90 Å². The summed E-state index contributed by atoms with van der Waals surface area (Å²) in [4.78, 5) is 10.9. The van der Waals surface area contributed by atoms with Crippen LogP contribution in [-0.2, 0) is 4.79 Å². The van der Waals surface area contributed by atoms with Gasteiger partial charge in [-0.05, 0) is 18.8 Å². The summed E-state index contributed by atoms with van der Waals surface area (Å²) >= 11 is 0. The second-order valence-electron chi connectivity index (χ2n) is 3.55. The molecule has 0 aliphatic rings. The van der Waals surface area contributed by atoms with Crippen molar-refractivity contribution in [3.8, 4) is 0 Å². The number of aliphatic hydroxyl groups excluding tert-OH is 1. The first kappa shape index (κ1) is 11.4. The molecule has 3 N–H and O–H groups in total. The molecular formula is C9H19NO2. The van der Waals surface area contributed by atoms with Crippen LogP contribution in [-0.4, -0.2) is 17.1 Å². The highest BCUT2D eigenvalue weighted by atomic mass is 16.3. The van der Waals surface area contributed by atoms with Gasteiger partial charge in [0, 0.05) is 5.92 Å². The van der Waals surface area contributed by atoms with Crippen LogP contribution in [0, 0.1) is 11.8 Å². The predicted octanol–water partition coefficient (Wildman–Crippen LogP) is 0.905. The van der Waals surface area contributed by atoms with E-state index in [-0.39, 0.29) is 17.7 Å². The van der Waals surface area contributed by atoms with Gasteiger partial charge in [-0.25, -0.2) is 0 Å². The van der Waals surface area contributed by atoms with Crippen LogP contribution in [0.3, 0.4) is 0 Å². The van der Waals surface area contributed by atoms with Crippen molar-refractivity contribution in [1.82, 2.24) is 0 Å². The van der Waals surface area contributed by atoms with E-state index in [1.165, 1.54) is 0 Å². The number of aliphatic hydroxyl groups is 1. The highest BCUT2D eigenvalue weighted by Gasteiger charge is 2.21. The topological polar surface area (TPSA) is 63.3 Å². The Kier molecular flexibility index (Phi) is 4.90. The lowest BCUT2D eigenvalue weighted by Gasteiger charge is -2.19. The number of hydrogen-bond donors (Lipinski definition) is 2. The largest absolute Gasteiger partial charge is 0.393 e. The van der Waals surface area contributed by atoms with Crippen molar-refractivity contribution in [2.75, 3.05) is 0 Å². The van der Waals surface area contributed by atoms with E-state index in [4.69, 9.17) is 5.73 Å². The molecule has 0 rings (SSSR count). The van der Waals surface area contributed by atoms with Crippen LogP contribution in [0.15, 0.2) is 0 Å². The summed E-state index contributed by atoms with van der Waals surface area (Å²) in [5.74, 6) is -0.291. The minimum atomic E-state index is -0.398. The maximum Gasteiger partial charge on any atom is 0.220 e. The molecule has 1 amide bonds. The molecule has 0 bridgehead atoms. The lowest BCUT2D eigenvalue weighted by atomic mass is 9.89. The Labute approximate surface area is 74.0 Å². The minimum absolute atomic E-state index is 0.194. The third kappa shape index (κ3) is 3.72. The normalized spacial score (nSPS) is 16.1. The van der Waals surface area contributed by atoms with E-state index in [1.54, 1.807) is 0 Å². The molecule has 0 spiro atoms. The van der Waals surface area contributed by atoms with Crippen molar-refractivity contribution >= 4 is 5.91 Å². The third-order valence-electron chi connectivity index (χ3n) is 2.17. The molecule has 3 nitrogen and oxygen atoms in total. The molecule has 0 saturated carbocycles. The molecule has 0 fully saturated rings. The maximum atomic E-state index is 10.9. The molecule has 0 aliphatic heterocycles. The first-order valence-corrected chi connectivity index (χ1v) is 4.46. The molecule has 0 aromatic carbocycles. The average Bonchev–Trinajstić information content (AvgIpc) is 1.98. The second kappa shape index (κ2) is 5.14. The fourth-order valence-electron chi connectivity index (χ4n) is 1.18. The number of nitrogens with two attached hydrogens (primary N) is 1. The van der Waals surface area contributed by atoms with Gasteiger partial charge < -0.3 is 10.8 Å². The number of rotatable bonds is 5. The van der Waals surface area contributed by atoms with E-state index < -0.39 is 6.10 Å². The lowest BCUT2D eigenvalue weighted by molar-refractivity contribution is -0.124. The van der Waals surface area contributed by atoms with Gasteiger partial charge >= 0.3 is 0 Å². The van der Waals surface area contributed by atoms with Crippen molar-refractivity contribution in [2.45, 2.75) is 39.7 Å². The zero-order chi connectivity index (χ0) is 9.72. The molecular weight excluding hydrogens is 154 g/mol. The van der Waals surface area contributed by atoms with Gasteiger partial charge in [0.25, 0.3) is 0 Å². The molecule has 12 heavy (non-hydrogen) atoms. The van der Waals surface area contributed by atoms with Crippen molar-refractivity contribution < 1.29 is 9.90 Å². The van der Waals surface area contributed by atoms with Crippen LogP contribution in [0.2, 0.25) is 0 Å².